The first kappa shape index (κ1) is 27.7. The number of anilines is 1. The summed E-state index contributed by atoms with van der Waals surface area (Å²) in [6.07, 6.45) is 0.394. The number of carbonyl (C=O) groups excluding carboxylic acids is 3. The summed E-state index contributed by atoms with van der Waals surface area (Å²) >= 11 is 0. The van der Waals surface area contributed by atoms with E-state index in [4.69, 9.17) is 0 Å². The second-order valence-electron chi connectivity index (χ2n) is 9.19. The number of nitrogens with zero attached hydrogens (tertiary/aromatic N) is 1. The third kappa shape index (κ3) is 8.95. The maximum absolute atomic E-state index is 13.7. The van der Waals surface area contributed by atoms with E-state index in [1.165, 1.54) is 18.2 Å². The molecule has 2 amide bonds. The van der Waals surface area contributed by atoms with Crippen LogP contribution in [0.4, 0.5) is 10.1 Å². The van der Waals surface area contributed by atoms with Crippen LogP contribution in [-0.4, -0.2) is 41.9 Å². The maximum atomic E-state index is 13.7. The van der Waals surface area contributed by atoms with E-state index in [1.807, 2.05) is 67.6 Å². The zero-order valence-electron chi connectivity index (χ0n) is 21.0. The molecule has 194 valence electrons. The minimum atomic E-state index is -1.13. The molecule has 37 heavy (non-hydrogen) atoms. The van der Waals surface area contributed by atoms with Gasteiger partial charge >= 0.3 is 0 Å². The Balaban J connectivity index is 1.47. The number of carbonyl (C=O) groups is 3. The molecular weight excluding hydrogens is 471 g/mol. The van der Waals surface area contributed by atoms with Gasteiger partial charge in [-0.05, 0) is 61.1 Å². The fraction of sp³-hybridized carbons (Fsp3) is 0.300. The molecule has 3 aromatic rings. The molecule has 3 rings (SSSR count). The van der Waals surface area contributed by atoms with Gasteiger partial charge < -0.3 is 15.3 Å². The van der Waals surface area contributed by atoms with E-state index in [-0.39, 0.29) is 36.3 Å². The van der Waals surface area contributed by atoms with E-state index in [0.29, 0.717) is 31.5 Å². The molecule has 0 heterocycles. The van der Waals surface area contributed by atoms with Gasteiger partial charge in [0.25, 0.3) is 5.91 Å². The number of para-hydroxylation sites is 1. The molecule has 0 aliphatic rings. The second-order valence-corrected chi connectivity index (χ2v) is 9.19. The van der Waals surface area contributed by atoms with E-state index in [2.05, 4.69) is 5.32 Å². The Kier molecular flexibility index (Phi) is 10.5. The Morgan fingerprint density at radius 2 is 1.59 bits per heavy atom. The van der Waals surface area contributed by atoms with E-state index in [0.717, 1.165) is 5.56 Å². The highest BCUT2D eigenvalue weighted by atomic mass is 19.1. The van der Waals surface area contributed by atoms with Crippen molar-refractivity contribution in [3.05, 3.63) is 102 Å². The number of aryl methyl sites for hydroxylation is 1. The third-order valence-corrected chi connectivity index (χ3v) is 6.12. The van der Waals surface area contributed by atoms with Crippen LogP contribution in [0.3, 0.4) is 0 Å². The topological polar surface area (TPSA) is 86.7 Å². The first-order chi connectivity index (χ1) is 17.8. The van der Waals surface area contributed by atoms with Gasteiger partial charge in [0.05, 0.1) is 6.54 Å². The second kappa shape index (κ2) is 14.0. The molecule has 0 aliphatic carbocycles. The van der Waals surface area contributed by atoms with Crippen molar-refractivity contribution < 1.29 is 23.9 Å². The first-order valence-electron chi connectivity index (χ1n) is 12.5. The molecule has 0 saturated heterocycles. The molecule has 0 spiro atoms. The molecule has 7 heteroatoms. The molecule has 0 bridgehead atoms. The van der Waals surface area contributed by atoms with Gasteiger partial charge in [-0.1, -0.05) is 61.5 Å². The van der Waals surface area contributed by atoms with Crippen LogP contribution in [-0.2, 0) is 16.0 Å². The Morgan fingerprint density at radius 3 is 2.27 bits per heavy atom. The summed E-state index contributed by atoms with van der Waals surface area (Å²) in [5.41, 5.74) is 1.97. The largest absolute Gasteiger partial charge is 0.385 e. The van der Waals surface area contributed by atoms with E-state index < -0.39 is 17.7 Å². The average Bonchev–Trinajstić information content (AvgIpc) is 2.92. The van der Waals surface area contributed by atoms with Crippen LogP contribution in [0.5, 0.6) is 0 Å². The number of aliphatic hydroxyl groups excluding tert-OH is 1. The first-order valence-corrected chi connectivity index (χ1v) is 12.5. The van der Waals surface area contributed by atoms with E-state index in [9.17, 15) is 23.9 Å². The molecule has 0 aliphatic heterocycles. The van der Waals surface area contributed by atoms with Crippen LogP contribution in [0.25, 0.3) is 0 Å². The standard InChI is InChI=1S/C30H33FN2O4/c1-22(15-18-29(36)32-20-28(35)27(34)17-16-23-9-4-2-5-10-23)21-33(26-13-6-3-7-14-26)30(37)24-11-8-12-25(31)19-24/h2-14,19,22,27,34H,15-18,20-21H2,1H3,(H,32,36). The van der Waals surface area contributed by atoms with Crippen LogP contribution in [0.1, 0.15) is 42.1 Å². The summed E-state index contributed by atoms with van der Waals surface area (Å²) in [5.74, 6) is -1.57. The van der Waals surface area contributed by atoms with Gasteiger partial charge in [-0.15, -0.1) is 0 Å². The number of hydrogen-bond acceptors (Lipinski definition) is 4. The summed E-state index contributed by atoms with van der Waals surface area (Å²) in [7, 11) is 0. The third-order valence-electron chi connectivity index (χ3n) is 6.12. The van der Waals surface area contributed by atoms with Gasteiger partial charge in [0.1, 0.15) is 11.9 Å². The van der Waals surface area contributed by atoms with Gasteiger partial charge in [0.15, 0.2) is 5.78 Å². The van der Waals surface area contributed by atoms with Crippen molar-refractivity contribution in [1.82, 2.24) is 5.32 Å². The molecule has 2 N–H and O–H groups in total. The highest BCUT2D eigenvalue weighted by Gasteiger charge is 2.21. The van der Waals surface area contributed by atoms with Crippen LogP contribution in [0.2, 0.25) is 0 Å². The highest BCUT2D eigenvalue weighted by molar-refractivity contribution is 6.06. The van der Waals surface area contributed by atoms with Crippen molar-refractivity contribution in [3.8, 4) is 0 Å². The molecule has 3 aromatic carbocycles. The van der Waals surface area contributed by atoms with Gasteiger partial charge in [-0.25, -0.2) is 4.39 Å². The molecule has 0 fully saturated rings. The summed E-state index contributed by atoms with van der Waals surface area (Å²) in [6.45, 7) is 2.04. The molecule has 6 nitrogen and oxygen atoms in total. The Morgan fingerprint density at radius 1 is 0.919 bits per heavy atom. The Hall–Kier alpha value is -3.84. The zero-order chi connectivity index (χ0) is 26.6. The van der Waals surface area contributed by atoms with Crippen molar-refractivity contribution in [1.29, 1.82) is 0 Å². The highest BCUT2D eigenvalue weighted by Crippen LogP contribution is 2.21. The van der Waals surface area contributed by atoms with Gasteiger partial charge in [0.2, 0.25) is 5.91 Å². The summed E-state index contributed by atoms with van der Waals surface area (Å²) < 4.78 is 13.7. The summed E-state index contributed by atoms with van der Waals surface area (Å²) in [6, 6.07) is 24.3. The summed E-state index contributed by atoms with van der Waals surface area (Å²) in [5, 5.41) is 12.7. The molecular formula is C30H33FN2O4. The number of aliphatic hydroxyl groups is 1. The predicted octanol–water partition coefficient (Wildman–Crippen LogP) is 4.57. The number of ketones is 1. The minimum absolute atomic E-state index is 0.0457. The normalized spacial score (nSPS) is 12.4. The number of nitrogens with one attached hydrogen (secondary N) is 1. The lowest BCUT2D eigenvalue weighted by Gasteiger charge is -2.26. The maximum Gasteiger partial charge on any atom is 0.258 e. The van der Waals surface area contributed by atoms with Gasteiger partial charge in [0, 0.05) is 24.2 Å². The van der Waals surface area contributed by atoms with Crippen molar-refractivity contribution in [2.75, 3.05) is 18.0 Å². The minimum Gasteiger partial charge on any atom is -0.385 e. The summed E-state index contributed by atoms with van der Waals surface area (Å²) in [4.78, 5) is 39.3. The molecule has 2 unspecified atom stereocenters. The van der Waals surface area contributed by atoms with Crippen LogP contribution >= 0.6 is 0 Å². The number of halogens is 1. The van der Waals surface area contributed by atoms with E-state index in [1.54, 1.807) is 11.0 Å². The number of amides is 2. The number of hydrogen-bond donors (Lipinski definition) is 2. The monoisotopic (exact) mass is 504 g/mol. The quantitative estimate of drug-likeness (QED) is 0.357. The van der Waals surface area contributed by atoms with Crippen LogP contribution < -0.4 is 10.2 Å². The van der Waals surface area contributed by atoms with Crippen molar-refractivity contribution in [2.24, 2.45) is 5.92 Å². The van der Waals surface area contributed by atoms with Crippen molar-refractivity contribution in [2.45, 2.75) is 38.7 Å². The van der Waals surface area contributed by atoms with E-state index >= 15 is 0 Å². The van der Waals surface area contributed by atoms with Gasteiger partial charge in [-0.3, -0.25) is 14.4 Å². The lowest BCUT2D eigenvalue weighted by atomic mass is 10.0. The average molecular weight is 505 g/mol. The molecule has 0 radical (unpaired) electrons. The van der Waals surface area contributed by atoms with Gasteiger partial charge in [-0.2, -0.15) is 0 Å². The molecule has 2 atom stereocenters. The SMILES string of the molecule is CC(CCC(=O)NCC(=O)C(O)CCc1ccccc1)CN(C(=O)c1cccc(F)c1)c1ccccc1. The lowest BCUT2D eigenvalue weighted by molar-refractivity contribution is -0.129. The Bertz CT molecular complexity index is 1170. The number of benzene rings is 3. The van der Waals surface area contributed by atoms with Crippen LogP contribution in [0, 0.1) is 11.7 Å². The fourth-order valence-electron chi connectivity index (χ4n) is 3.97. The van der Waals surface area contributed by atoms with Crippen LogP contribution in [0.15, 0.2) is 84.9 Å². The molecule has 0 saturated carbocycles. The lowest BCUT2D eigenvalue weighted by Crippen LogP contribution is -2.37. The predicted molar refractivity (Wildman–Crippen MR) is 142 cm³/mol. The fourth-order valence-corrected chi connectivity index (χ4v) is 3.97. The number of Topliss-reactive ketones (excluding diaryl/α,β-unsaturated/α-hetero) is 1. The Labute approximate surface area is 217 Å². The van der Waals surface area contributed by atoms with Crippen molar-refractivity contribution >= 4 is 23.3 Å². The molecule has 0 aromatic heterocycles. The number of rotatable bonds is 13. The smallest absolute Gasteiger partial charge is 0.258 e. The van der Waals surface area contributed by atoms with Crippen molar-refractivity contribution in [3.63, 3.8) is 0 Å². The zero-order valence-corrected chi connectivity index (χ0v) is 21.0.